The van der Waals surface area contributed by atoms with Gasteiger partial charge in [0, 0.05) is 6.54 Å². The van der Waals surface area contributed by atoms with Crippen molar-refractivity contribution in [2.75, 3.05) is 18.1 Å². The van der Waals surface area contributed by atoms with Crippen molar-refractivity contribution in [1.29, 1.82) is 0 Å². The standard InChI is InChI=1S/C24H26F3NO4S/c1-4-28-19-11-8-17(14-20(19)32-15-22(2,3)21(28)29)23(12-5-13-23)33(30,31)18-9-6-16(7-10-18)24(25,26)27/h6-11,14H,4-5,12-13,15H2,1-3H3. The summed E-state index contributed by atoms with van der Waals surface area (Å²) in [5.74, 6) is 0.356. The number of hydrogen-bond acceptors (Lipinski definition) is 4. The number of carbonyl (C=O) groups excluding carboxylic acids is 1. The molecule has 0 N–H and O–H groups in total. The number of amides is 1. The lowest BCUT2D eigenvalue weighted by Gasteiger charge is -2.41. The van der Waals surface area contributed by atoms with E-state index < -0.39 is 31.7 Å². The lowest BCUT2D eigenvalue weighted by Crippen LogP contribution is -2.42. The molecule has 4 rings (SSSR count). The van der Waals surface area contributed by atoms with Crippen LogP contribution in [0.25, 0.3) is 0 Å². The minimum atomic E-state index is -4.54. The van der Waals surface area contributed by atoms with Crippen molar-refractivity contribution in [3.05, 3.63) is 53.6 Å². The van der Waals surface area contributed by atoms with Gasteiger partial charge in [-0.1, -0.05) is 6.07 Å². The molecular formula is C24H26F3NO4S. The van der Waals surface area contributed by atoms with Gasteiger partial charge in [-0.15, -0.1) is 0 Å². The van der Waals surface area contributed by atoms with Crippen molar-refractivity contribution < 1.29 is 31.1 Å². The normalized spacial score (nSPS) is 19.8. The molecule has 0 atom stereocenters. The maximum atomic E-state index is 13.6. The first-order valence-electron chi connectivity index (χ1n) is 10.8. The highest BCUT2D eigenvalue weighted by Gasteiger charge is 2.51. The van der Waals surface area contributed by atoms with Gasteiger partial charge in [-0.3, -0.25) is 4.79 Å². The van der Waals surface area contributed by atoms with Gasteiger partial charge in [0.05, 0.1) is 21.6 Å². The van der Waals surface area contributed by atoms with Gasteiger partial charge in [0.15, 0.2) is 9.84 Å². The van der Waals surface area contributed by atoms with Crippen molar-refractivity contribution >= 4 is 21.4 Å². The number of fused-ring (bicyclic) bond motifs is 1. The highest BCUT2D eigenvalue weighted by Crippen LogP contribution is 2.52. The molecule has 0 saturated heterocycles. The van der Waals surface area contributed by atoms with E-state index in [9.17, 15) is 26.4 Å². The van der Waals surface area contributed by atoms with Gasteiger partial charge < -0.3 is 9.64 Å². The summed E-state index contributed by atoms with van der Waals surface area (Å²) < 4.78 is 70.8. The molecule has 0 unspecified atom stereocenters. The highest BCUT2D eigenvalue weighted by molar-refractivity contribution is 7.92. The van der Waals surface area contributed by atoms with E-state index >= 15 is 0 Å². The molecule has 2 aliphatic rings. The Bertz CT molecular complexity index is 1180. The van der Waals surface area contributed by atoms with E-state index in [2.05, 4.69) is 0 Å². The Balaban J connectivity index is 1.77. The fourth-order valence-corrected chi connectivity index (χ4v) is 6.71. The molecule has 1 saturated carbocycles. The van der Waals surface area contributed by atoms with Crippen molar-refractivity contribution in [1.82, 2.24) is 0 Å². The van der Waals surface area contributed by atoms with Crippen molar-refractivity contribution in [2.24, 2.45) is 5.41 Å². The first-order chi connectivity index (χ1) is 15.3. The number of anilines is 1. The van der Waals surface area contributed by atoms with Gasteiger partial charge >= 0.3 is 6.18 Å². The molecule has 1 fully saturated rings. The van der Waals surface area contributed by atoms with Crippen LogP contribution in [0.1, 0.15) is 51.2 Å². The fraction of sp³-hybridized carbons (Fsp3) is 0.458. The maximum absolute atomic E-state index is 13.6. The van der Waals surface area contributed by atoms with Gasteiger partial charge in [0.1, 0.15) is 17.1 Å². The number of halogens is 3. The molecule has 0 aromatic heterocycles. The number of nitrogens with zero attached hydrogens (tertiary/aromatic N) is 1. The average Bonchev–Trinajstić information content (AvgIpc) is 2.81. The Morgan fingerprint density at radius 1 is 1.06 bits per heavy atom. The highest BCUT2D eigenvalue weighted by atomic mass is 32.2. The van der Waals surface area contributed by atoms with Gasteiger partial charge in [-0.05, 0) is 82.0 Å². The van der Waals surface area contributed by atoms with Crippen molar-refractivity contribution in [3.63, 3.8) is 0 Å². The molecule has 1 amide bonds. The lowest BCUT2D eigenvalue weighted by molar-refractivity contribution is -0.137. The van der Waals surface area contributed by atoms with Gasteiger partial charge in [-0.25, -0.2) is 8.42 Å². The molecule has 0 bridgehead atoms. The van der Waals surface area contributed by atoms with Gasteiger partial charge in [0.25, 0.3) is 0 Å². The maximum Gasteiger partial charge on any atom is 0.416 e. The molecule has 1 heterocycles. The molecule has 178 valence electrons. The summed E-state index contributed by atoms with van der Waals surface area (Å²) in [6.07, 6.45) is -3.14. The van der Waals surface area contributed by atoms with Crippen LogP contribution in [0, 0.1) is 5.41 Å². The van der Waals surface area contributed by atoms with E-state index in [4.69, 9.17) is 4.74 Å². The van der Waals surface area contributed by atoms with Gasteiger partial charge in [-0.2, -0.15) is 13.2 Å². The van der Waals surface area contributed by atoms with E-state index in [0.717, 1.165) is 24.3 Å². The molecule has 5 nitrogen and oxygen atoms in total. The summed E-state index contributed by atoms with van der Waals surface area (Å²) in [4.78, 5) is 14.4. The Kier molecular flexibility index (Phi) is 5.54. The third-order valence-corrected chi connectivity index (χ3v) is 9.24. The Hall–Kier alpha value is -2.55. The third kappa shape index (κ3) is 3.70. The number of sulfone groups is 1. The second kappa shape index (κ2) is 7.75. The molecule has 33 heavy (non-hydrogen) atoms. The smallest absolute Gasteiger partial charge is 0.416 e. The molecule has 9 heteroatoms. The van der Waals surface area contributed by atoms with Crippen LogP contribution in [0.15, 0.2) is 47.4 Å². The number of carbonyl (C=O) groups is 1. The lowest BCUT2D eigenvalue weighted by atomic mass is 9.78. The monoisotopic (exact) mass is 481 g/mol. The second-order valence-corrected chi connectivity index (χ2v) is 11.5. The summed E-state index contributed by atoms with van der Waals surface area (Å²) in [6.45, 7) is 6.05. The third-order valence-electron chi connectivity index (χ3n) is 6.67. The molecule has 1 aliphatic heterocycles. The zero-order chi connectivity index (χ0) is 24.2. The summed E-state index contributed by atoms with van der Waals surface area (Å²) in [6, 6.07) is 8.72. The number of ether oxygens (including phenoxy) is 1. The largest absolute Gasteiger partial charge is 0.490 e. The van der Waals surface area contributed by atoms with E-state index in [-0.39, 0.29) is 17.4 Å². The summed E-state index contributed by atoms with van der Waals surface area (Å²) in [5, 5.41) is 0. The van der Waals surface area contributed by atoms with Crippen molar-refractivity contribution in [2.45, 2.75) is 55.9 Å². The van der Waals surface area contributed by atoms with Crippen LogP contribution in [0.3, 0.4) is 0 Å². The van der Waals surface area contributed by atoms with E-state index in [1.807, 2.05) is 6.92 Å². The van der Waals surface area contributed by atoms with Crippen LogP contribution >= 0.6 is 0 Å². The molecule has 0 radical (unpaired) electrons. The van der Waals surface area contributed by atoms with E-state index in [1.54, 1.807) is 36.9 Å². The predicted molar refractivity (Wildman–Crippen MR) is 118 cm³/mol. The van der Waals surface area contributed by atoms with Crippen LogP contribution in [0.2, 0.25) is 0 Å². The number of rotatable bonds is 4. The Labute approximate surface area is 191 Å². The zero-order valence-corrected chi connectivity index (χ0v) is 19.5. The number of benzene rings is 2. The first kappa shape index (κ1) is 23.6. The molecular weight excluding hydrogens is 455 g/mol. The minimum Gasteiger partial charge on any atom is -0.490 e. The average molecular weight is 482 g/mol. The SMILES string of the molecule is CCN1C(=O)C(C)(C)COc2cc(C3(S(=O)(=O)c4ccc(C(F)(F)F)cc4)CCC3)ccc21. The Morgan fingerprint density at radius 2 is 1.70 bits per heavy atom. The van der Waals surface area contributed by atoms with Gasteiger partial charge in [0.2, 0.25) is 5.91 Å². The Morgan fingerprint density at radius 3 is 2.21 bits per heavy atom. The van der Waals surface area contributed by atoms with Crippen LogP contribution < -0.4 is 9.64 Å². The summed E-state index contributed by atoms with van der Waals surface area (Å²) >= 11 is 0. The molecule has 2 aromatic carbocycles. The van der Waals surface area contributed by atoms with Crippen LogP contribution in [-0.4, -0.2) is 27.5 Å². The predicted octanol–water partition coefficient (Wildman–Crippen LogP) is 5.33. The van der Waals surface area contributed by atoms with E-state index in [0.29, 0.717) is 42.8 Å². The minimum absolute atomic E-state index is 0.0766. The second-order valence-electron chi connectivity index (χ2n) is 9.28. The molecule has 2 aromatic rings. The number of hydrogen-bond donors (Lipinski definition) is 0. The molecule has 1 aliphatic carbocycles. The summed E-state index contributed by atoms with van der Waals surface area (Å²) in [5.41, 5.74) is -0.529. The van der Waals surface area contributed by atoms with E-state index in [1.165, 1.54) is 0 Å². The first-order valence-corrected chi connectivity index (χ1v) is 12.3. The topological polar surface area (TPSA) is 63.7 Å². The summed E-state index contributed by atoms with van der Waals surface area (Å²) in [7, 11) is -3.97. The zero-order valence-electron chi connectivity index (χ0n) is 18.7. The van der Waals surface area contributed by atoms with Crippen molar-refractivity contribution in [3.8, 4) is 5.75 Å². The fourth-order valence-electron chi connectivity index (χ4n) is 4.50. The number of alkyl halides is 3. The quantitative estimate of drug-likeness (QED) is 0.592. The van der Waals surface area contributed by atoms with Crippen LogP contribution in [0.4, 0.5) is 18.9 Å². The molecule has 0 spiro atoms. The van der Waals surface area contributed by atoms with Crippen LogP contribution in [-0.2, 0) is 25.6 Å². The van der Waals surface area contributed by atoms with Crippen LogP contribution in [0.5, 0.6) is 5.75 Å².